The van der Waals surface area contributed by atoms with E-state index in [2.05, 4.69) is 53.9 Å². The summed E-state index contributed by atoms with van der Waals surface area (Å²) in [6.45, 7) is 0. The highest BCUT2D eigenvalue weighted by atomic mass is 79.9. The summed E-state index contributed by atoms with van der Waals surface area (Å²) in [5.41, 5.74) is 1.47. The van der Waals surface area contributed by atoms with Gasteiger partial charge in [-0.25, -0.2) is 0 Å². The fourth-order valence-corrected chi connectivity index (χ4v) is 3.04. The highest BCUT2D eigenvalue weighted by molar-refractivity contribution is 9.24. The zero-order valence-corrected chi connectivity index (χ0v) is 12.0. The molecule has 0 saturated carbocycles. The van der Waals surface area contributed by atoms with E-state index in [4.69, 9.17) is 10.00 Å². The summed E-state index contributed by atoms with van der Waals surface area (Å²) in [4.78, 5) is 0. The van der Waals surface area contributed by atoms with Crippen molar-refractivity contribution in [2.75, 3.05) is 7.11 Å². The molecule has 14 heavy (non-hydrogen) atoms. The zero-order chi connectivity index (χ0) is 10.7. The summed E-state index contributed by atoms with van der Waals surface area (Å²) in [7, 11) is 1.54. The molecule has 0 bridgehead atoms. The van der Waals surface area contributed by atoms with Crippen LogP contribution in [0, 0.1) is 11.3 Å². The van der Waals surface area contributed by atoms with Crippen molar-refractivity contribution >= 4 is 47.8 Å². The summed E-state index contributed by atoms with van der Waals surface area (Å²) in [6, 6.07) is 5.76. The van der Waals surface area contributed by atoms with Crippen LogP contribution < -0.4 is 4.74 Å². The van der Waals surface area contributed by atoms with Crippen LogP contribution in [0.2, 0.25) is 0 Å². The Hall–Kier alpha value is -0.0500. The smallest absolute Gasteiger partial charge is 0.137 e. The molecule has 0 radical (unpaired) electrons. The van der Waals surface area contributed by atoms with Crippen LogP contribution >= 0.6 is 47.8 Å². The molecule has 0 aliphatic heterocycles. The van der Waals surface area contributed by atoms with Gasteiger partial charge < -0.3 is 4.74 Å². The third-order valence-electron chi connectivity index (χ3n) is 1.70. The van der Waals surface area contributed by atoms with Gasteiger partial charge in [0.1, 0.15) is 17.4 Å². The largest absolute Gasteiger partial charge is 0.495 e. The SMILES string of the molecule is COc1ccc(C(Br)Br)c(Br)c1C#N. The van der Waals surface area contributed by atoms with E-state index in [1.54, 1.807) is 13.2 Å². The van der Waals surface area contributed by atoms with Crippen molar-refractivity contribution in [1.82, 2.24) is 0 Å². The maximum Gasteiger partial charge on any atom is 0.137 e. The lowest BCUT2D eigenvalue weighted by molar-refractivity contribution is 0.413. The lowest BCUT2D eigenvalue weighted by atomic mass is 10.1. The monoisotopic (exact) mass is 381 g/mol. The van der Waals surface area contributed by atoms with Crippen molar-refractivity contribution in [3.8, 4) is 11.8 Å². The number of benzene rings is 1. The average Bonchev–Trinajstić information content (AvgIpc) is 2.16. The Kier molecular flexibility index (Phi) is 4.42. The lowest BCUT2D eigenvalue weighted by Crippen LogP contribution is -1.93. The Bertz CT molecular complexity index is 384. The van der Waals surface area contributed by atoms with Gasteiger partial charge in [0.25, 0.3) is 0 Å². The van der Waals surface area contributed by atoms with Crippen LogP contribution in [0.3, 0.4) is 0 Å². The van der Waals surface area contributed by atoms with Crippen molar-refractivity contribution in [3.63, 3.8) is 0 Å². The lowest BCUT2D eigenvalue weighted by Gasteiger charge is -2.10. The van der Waals surface area contributed by atoms with Gasteiger partial charge in [-0.15, -0.1) is 0 Å². The number of nitrogens with zero attached hydrogens (tertiary/aromatic N) is 1. The molecule has 0 saturated heterocycles. The van der Waals surface area contributed by atoms with Gasteiger partial charge in [0.05, 0.1) is 10.8 Å². The highest BCUT2D eigenvalue weighted by Crippen LogP contribution is 2.38. The average molecular weight is 384 g/mol. The van der Waals surface area contributed by atoms with Crippen molar-refractivity contribution in [3.05, 3.63) is 27.7 Å². The van der Waals surface area contributed by atoms with Crippen molar-refractivity contribution in [1.29, 1.82) is 5.26 Å². The predicted molar refractivity (Wildman–Crippen MR) is 66.0 cm³/mol. The third-order valence-corrected chi connectivity index (χ3v) is 3.54. The van der Waals surface area contributed by atoms with Gasteiger partial charge in [0, 0.05) is 4.47 Å². The summed E-state index contributed by atoms with van der Waals surface area (Å²) in [6.07, 6.45) is 0. The topological polar surface area (TPSA) is 33.0 Å². The second kappa shape index (κ2) is 5.15. The molecule has 5 heteroatoms. The first-order chi connectivity index (χ1) is 6.61. The molecular weight excluding hydrogens is 378 g/mol. The summed E-state index contributed by atoms with van der Waals surface area (Å²) >= 11 is 10.1. The van der Waals surface area contributed by atoms with Crippen LogP contribution in [0.5, 0.6) is 5.75 Å². The minimum Gasteiger partial charge on any atom is -0.495 e. The molecule has 2 nitrogen and oxygen atoms in total. The number of nitriles is 1. The Labute approximate surface area is 108 Å². The molecule has 0 aliphatic rings. The molecule has 0 spiro atoms. The Morgan fingerprint density at radius 2 is 2.07 bits per heavy atom. The minimum atomic E-state index is 0.0161. The first kappa shape index (κ1) is 12.0. The molecule has 1 aromatic carbocycles. The molecule has 1 aromatic rings. The molecule has 0 N–H and O–H groups in total. The maximum absolute atomic E-state index is 8.95. The van der Waals surface area contributed by atoms with Crippen LogP contribution in [0.4, 0.5) is 0 Å². The fraction of sp³-hybridized carbons (Fsp3) is 0.222. The fourth-order valence-electron chi connectivity index (χ4n) is 1.02. The predicted octanol–water partition coefficient (Wildman–Crippen LogP) is 4.12. The number of methoxy groups -OCH3 is 1. The molecule has 0 aromatic heterocycles. The van der Waals surface area contributed by atoms with E-state index >= 15 is 0 Å². The Balaban J connectivity index is 3.37. The number of hydrogen-bond donors (Lipinski definition) is 0. The second-order valence-electron chi connectivity index (χ2n) is 2.46. The first-order valence-corrected chi connectivity index (χ1v) is 6.29. The van der Waals surface area contributed by atoms with Crippen LogP contribution in [0.15, 0.2) is 16.6 Å². The Morgan fingerprint density at radius 1 is 1.43 bits per heavy atom. The molecule has 0 aliphatic carbocycles. The van der Waals surface area contributed by atoms with Crippen LogP contribution in [0.1, 0.15) is 14.9 Å². The maximum atomic E-state index is 8.95. The Morgan fingerprint density at radius 3 is 2.50 bits per heavy atom. The molecular formula is C9H6Br3NO. The van der Waals surface area contributed by atoms with Crippen molar-refractivity contribution in [2.45, 2.75) is 3.74 Å². The quantitative estimate of drug-likeness (QED) is 0.720. The van der Waals surface area contributed by atoms with Gasteiger partial charge in [-0.3, -0.25) is 0 Å². The number of rotatable bonds is 2. The normalized spacial score (nSPS) is 10.0. The highest BCUT2D eigenvalue weighted by Gasteiger charge is 2.14. The van der Waals surface area contributed by atoms with Crippen LogP contribution in [-0.2, 0) is 0 Å². The van der Waals surface area contributed by atoms with E-state index < -0.39 is 0 Å². The van der Waals surface area contributed by atoms with Crippen LogP contribution in [0.25, 0.3) is 0 Å². The van der Waals surface area contributed by atoms with E-state index in [0.717, 1.165) is 10.0 Å². The molecule has 0 atom stereocenters. The summed E-state index contributed by atoms with van der Waals surface area (Å²) in [5.74, 6) is 0.573. The van der Waals surface area contributed by atoms with Gasteiger partial charge in [-0.2, -0.15) is 5.26 Å². The third kappa shape index (κ3) is 2.30. The van der Waals surface area contributed by atoms with Gasteiger partial charge in [0.15, 0.2) is 0 Å². The van der Waals surface area contributed by atoms with E-state index in [0.29, 0.717) is 11.3 Å². The molecule has 0 unspecified atom stereocenters. The second-order valence-corrected chi connectivity index (χ2v) is 6.31. The van der Waals surface area contributed by atoms with Gasteiger partial charge in [0.2, 0.25) is 0 Å². The summed E-state index contributed by atoms with van der Waals surface area (Å²) < 4.78 is 5.83. The van der Waals surface area contributed by atoms with Gasteiger partial charge in [-0.1, -0.05) is 37.9 Å². The van der Waals surface area contributed by atoms with E-state index in [9.17, 15) is 0 Å². The summed E-state index contributed by atoms with van der Waals surface area (Å²) in [5, 5.41) is 8.95. The molecule has 0 heterocycles. The minimum absolute atomic E-state index is 0.0161. The van der Waals surface area contributed by atoms with E-state index in [1.165, 1.54) is 0 Å². The number of halogens is 3. The number of alkyl halides is 2. The van der Waals surface area contributed by atoms with Crippen molar-refractivity contribution < 1.29 is 4.74 Å². The molecule has 0 fully saturated rings. The molecule has 74 valence electrons. The van der Waals surface area contributed by atoms with E-state index in [-0.39, 0.29) is 3.74 Å². The standard InChI is InChI=1S/C9H6Br3NO/c1-14-7-3-2-5(9(11)12)8(10)6(7)4-13/h2-3,9H,1H3. The van der Waals surface area contributed by atoms with Gasteiger partial charge >= 0.3 is 0 Å². The molecule has 0 amide bonds. The zero-order valence-electron chi connectivity index (χ0n) is 7.22. The van der Waals surface area contributed by atoms with Crippen molar-refractivity contribution in [2.24, 2.45) is 0 Å². The molecule has 1 rings (SSSR count). The van der Waals surface area contributed by atoms with Gasteiger partial charge in [-0.05, 0) is 27.6 Å². The van der Waals surface area contributed by atoms with E-state index in [1.807, 2.05) is 6.07 Å². The first-order valence-electron chi connectivity index (χ1n) is 3.66. The van der Waals surface area contributed by atoms with Crippen LogP contribution in [-0.4, -0.2) is 7.11 Å². The number of ether oxygens (including phenoxy) is 1. The number of hydrogen-bond acceptors (Lipinski definition) is 2.